The van der Waals surface area contributed by atoms with Gasteiger partial charge in [0.25, 0.3) is 0 Å². The number of carbonyl (C=O) groups is 1. The molecule has 0 atom stereocenters. The van der Waals surface area contributed by atoms with E-state index in [-0.39, 0.29) is 12.4 Å². The molecule has 0 fully saturated rings. The number of urea groups is 1. The number of rotatable bonds is 1. The third-order valence-corrected chi connectivity index (χ3v) is 3.09. The molecule has 0 radical (unpaired) electrons. The average molecular weight is 264 g/mol. The predicted octanol–water partition coefficient (Wildman–Crippen LogP) is 3.25. The SMILES string of the molecule is Cl.NC(=O)Nc1ccc2c(c1)C1=CCCCC1=N2. The highest BCUT2D eigenvalue weighted by Gasteiger charge is 2.22. The Hall–Kier alpha value is -1.81. The third kappa shape index (κ3) is 2.11. The number of fused-ring (bicyclic) bond motifs is 3. The van der Waals surface area contributed by atoms with Gasteiger partial charge in [0.05, 0.1) is 5.69 Å². The van der Waals surface area contributed by atoms with Crippen LogP contribution in [-0.4, -0.2) is 11.7 Å². The second kappa shape index (κ2) is 4.82. The summed E-state index contributed by atoms with van der Waals surface area (Å²) in [6.07, 6.45) is 5.53. The second-order valence-corrected chi connectivity index (χ2v) is 4.29. The zero-order valence-corrected chi connectivity index (χ0v) is 10.6. The molecule has 1 aromatic carbocycles. The topological polar surface area (TPSA) is 67.5 Å². The molecule has 1 heterocycles. The number of nitrogens with two attached hydrogens (primary N) is 1. The van der Waals surface area contributed by atoms with E-state index in [1.54, 1.807) is 0 Å². The molecular weight excluding hydrogens is 250 g/mol. The lowest BCUT2D eigenvalue weighted by Gasteiger charge is -2.10. The van der Waals surface area contributed by atoms with Gasteiger partial charge in [0.2, 0.25) is 0 Å². The van der Waals surface area contributed by atoms with E-state index < -0.39 is 6.03 Å². The minimum absolute atomic E-state index is 0. The lowest BCUT2D eigenvalue weighted by molar-refractivity contribution is 0.259. The summed E-state index contributed by atoms with van der Waals surface area (Å²) in [5.74, 6) is 0. The van der Waals surface area contributed by atoms with Gasteiger partial charge in [0.15, 0.2) is 0 Å². The number of nitrogens with one attached hydrogen (secondary N) is 1. The van der Waals surface area contributed by atoms with Crippen molar-refractivity contribution in [3.8, 4) is 0 Å². The molecule has 0 aromatic heterocycles. The van der Waals surface area contributed by atoms with Crippen molar-refractivity contribution in [3.05, 3.63) is 29.8 Å². The molecule has 1 aliphatic carbocycles. The number of nitrogens with zero attached hydrogens (tertiary/aromatic N) is 1. The standard InChI is InChI=1S/C13H13N3O.ClH/c14-13(17)15-8-5-6-12-10(7-8)9-3-1-2-4-11(9)16-12;/h3,5-7H,1-2,4H2,(H3,14,15,17);1H. The summed E-state index contributed by atoms with van der Waals surface area (Å²) in [4.78, 5) is 15.4. The fourth-order valence-corrected chi connectivity index (χ4v) is 2.36. The lowest BCUT2D eigenvalue weighted by atomic mass is 9.93. The van der Waals surface area contributed by atoms with Gasteiger partial charge in [0.1, 0.15) is 0 Å². The first kappa shape index (κ1) is 12.6. The molecule has 1 aliphatic heterocycles. The molecule has 5 heteroatoms. The van der Waals surface area contributed by atoms with E-state index in [2.05, 4.69) is 16.4 Å². The molecule has 1 aromatic rings. The van der Waals surface area contributed by atoms with E-state index >= 15 is 0 Å². The summed E-state index contributed by atoms with van der Waals surface area (Å²) in [6.45, 7) is 0. The molecule has 0 saturated carbocycles. The number of aliphatic imine (C=N–C) groups is 1. The van der Waals surface area contributed by atoms with Crippen molar-refractivity contribution in [1.82, 2.24) is 0 Å². The maximum atomic E-state index is 10.8. The molecular formula is C13H14ClN3O. The van der Waals surface area contributed by atoms with Gasteiger partial charge in [-0.05, 0) is 37.5 Å². The van der Waals surface area contributed by atoms with Crippen LogP contribution in [0.3, 0.4) is 0 Å². The molecule has 3 rings (SSSR count). The van der Waals surface area contributed by atoms with E-state index in [1.807, 2.05) is 18.2 Å². The van der Waals surface area contributed by atoms with Gasteiger partial charge in [-0.3, -0.25) is 4.99 Å². The van der Waals surface area contributed by atoms with Crippen LogP contribution in [0.25, 0.3) is 5.57 Å². The molecule has 0 saturated heterocycles. The van der Waals surface area contributed by atoms with Crippen LogP contribution >= 0.6 is 12.4 Å². The Kier molecular flexibility index (Phi) is 3.39. The van der Waals surface area contributed by atoms with Gasteiger partial charge in [-0.15, -0.1) is 12.4 Å². The fraction of sp³-hybridized carbons (Fsp3) is 0.231. The molecule has 3 N–H and O–H groups in total. The van der Waals surface area contributed by atoms with Crippen molar-refractivity contribution in [2.24, 2.45) is 10.7 Å². The van der Waals surface area contributed by atoms with Gasteiger partial charge in [-0.25, -0.2) is 4.79 Å². The number of allylic oxidation sites excluding steroid dienone is 2. The lowest BCUT2D eigenvalue weighted by Crippen LogP contribution is -2.19. The van der Waals surface area contributed by atoms with Crippen molar-refractivity contribution < 1.29 is 4.79 Å². The molecule has 2 aliphatic rings. The Labute approximate surface area is 111 Å². The summed E-state index contributed by atoms with van der Waals surface area (Å²) >= 11 is 0. The number of benzene rings is 1. The highest BCUT2D eigenvalue weighted by Crippen LogP contribution is 2.39. The molecule has 94 valence electrons. The van der Waals surface area contributed by atoms with E-state index in [4.69, 9.17) is 5.73 Å². The van der Waals surface area contributed by atoms with E-state index in [0.717, 1.165) is 29.8 Å². The summed E-state index contributed by atoms with van der Waals surface area (Å²) < 4.78 is 0. The average Bonchev–Trinajstić information content (AvgIpc) is 2.66. The summed E-state index contributed by atoms with van der Waals surface area (Å²) in [5.41, 5.74) is 10.3. The Morgan fingerprint density at radius 3 is 3.00 bits per heavy atom. The number of halogens is 1. The van der Waals surface area contributed by atoms with Crippen LogP contribution in [0.2, 0.25) is 0 Å². The van der Waals surface area contributed by atoms with E-state index in [1.165, 1.54) is 17.7 Å². The van der Waals surface area contributed by atoms with Gasteiger partial charge < -0.3 is 11.1 Å². The van der Waals surface area contributed by atoms with Crippen LogP contribution in [0, 0.1) is 0 Å². The van der Waals surface area contributed by atoms with Crippen molar-refractivity contribution in [2.75, 3.05) is 5.32 Å². The molecule has 0 unspecified atom stereocenters. The maximum absolute atomic E-state index is 10.8. The summed E-state index contributed by atoms with van der Waals surface area (Å²) in [5, 5.41) is 2.59. The number of carbonyl (C=O) groups excluding carboxylic acids is 1. The van der Waals surface area contributed by atoms with Crippen LogP contribution in [0.15, 0.2) is 29.3 Å². The highest BCUT2D eigenvalue weighted by molar-refractivity contribution is 6.29. The van der Waals surface area contributed by atoms with Crippen LogP contribution in [0.1, 0.15) is 24.8 Å². The van der Waals surface area contributed by atoms with Crippen molar-refractivity contribution in [3.63, 3.8) is 0 Å². The van der Waals surface area contributed by atoms with Crippen molar-refractivity contribution in [2.45, 2.75) is 19.3 Å². The number of hydrogen-bond donors (Lipinski definition) is 2. The first-order chi connectivity index (χ1) is 8.24. The maximum Gasteiger partial charge on any atom is 0.316 e. The smallest absolute Gasteiger partial charge is 0.316 e. The Bertz CT molecular complexity index is 563. The van der Waals surface area contributed by atoms with E-state index in [9.17, 15) is 4.79 Å². The Morgan fingerprint density at radius 1 is 1.39 bits per heavy atom. The second-order valence-electron chi connectivity index (χ2n) is 4.29. The third-order valence-electron chi connectivity index (χ3n) is 3.09. The minimum atomic E-state index is -0.540. The first-order valence-corrected chi connectivity index (χ1v) is 5.73. The van der Waals surface area contributed by atoms with Crippen LogP contribution in [0.5, 0.6) is 0 Å². The van der Waals surface area contributed by atoms with Gasteiger partial charge in [-0.1, -0.05) is 6.08 Å². The van der Waals surface area contributed by atoms with Crippen LogP contribution in [0.4, 0.5) is 16.2 Å². The minimum Gasteiger partial charge on any atom is -0.351 e. The number of amides is 2. The molecule has 0 bridgehead atoms. The van der Waals surface area contributed by atoms with Crippen molar-refractivity contribution in [1.29, 1.82) is 0 Å². The number of primary amides is 1. The molecule has 4 nitrogen and oxygen atoms in total. The number of hydrogen-bond acceptors (Lipinski definition) is 2. The van der Waals surface area contributed by atoms with Crippen LogP contribution < -0.4 is 11.1 Å². The fourth-order valence-electron chi connectivity index (χ4n) is 2.36. The predicted molar refractivity (Wildman–Crippen MR) is 75.8 cm³/mol. The summed E-state index contributed by atoms with van der Waals surface area (Å²) in [7, 11) is 0. The van der Waals surface area contributed by atoms with Crippen LogP contribution in [-0.2, 0) is 0 Å². The zero-order chi connectivity index (χ0) is 11.8. The highest BCUT2D eigenvalue weighted by atomic mass is 35.5. The molecule has 18 heavy (non-hydrogen) atoms. The summed E-state index contributed by atoms with van der Waals surface area (Å²) in [6, 6.07) is 5.15. The van der Waals surface area contributed by atoms with E-state index in [0.29, 0.717) is 0 Å². The van der Waals surface area contributed by atoms with Gasteiger partial charge in [0, 0.05) is 22.5 Å². The first-order valence-electron chi connectivity index (χ1n) is 5.73. The Morgan fingerprint density at radius 2 is 2.22 bits per heavy atom. The van der Waals surface area contributed by atoms with Crippen molar-refractivity contribution >= 4 is 41.1 Å². The monoisotopic (exact) mass is 263 g/mol. The quantitative estimate of drug-likeness (QED) is 0.802. The Balaban J connectivity index is 0.00000120. The molecule has 2 amide bonds. The normalized spacial score (nSPS) is 15.8. The van der Waals surface area contributed by atoms with Gasteiger partial charge >= 0.3 is 6.03 Å². The number of anilines is 1. The molecule has 0 spiro atoms. The largest absolute Gasteiger partial charge is 0.351 e. The van der Waals surface area contributed by atoms with Gasteiger partial charge in [-0.2, -0.15) is 0 Å². The zero-order valence-electron chi connectivity index (χ0n) is 9.77.